The van der Waals surface area contributed by atoms with Gasteiger partial charge in [-0.2, -0.15) is 0 Å². The molecule has 148 valence electrons. The van der Waals surface area contributed by atoms with Crippen molar-refractivity contribution >= 4 is 53.7 Å². The number of carbonyl (C=O) groups is 1. The largest absolute Gasteiger partial charge is 0.496 e. The van der Waals surface area contributed by atoms with Crippen molar-refractivity contribution in [2.24, 2.45) is 0 Å². The van der Waals surface area contributed by atoms with Gasteiger partial charge < -0.3 is 20.7 Å². The molecule has 0 atom stereocenters. The number of nitrogens with two attached hydrogens (primary N) is 1. The Hall–Kier alpha value is -1.82. The van der Waals surface area contributed by atoms with Crippen molar-refractivity contribution in [2.75, 3.05) is 37.4 Å². The van der Waals surface area contributed by atoms with Gasteiger partial charge in [0, 0.05) is 31.4 Å². The van der Waals surface area contributed by atoms with Gasteiger partial charge in [0.25, 0.3) is 5.91 Å². The summed E-state index contributed by atoms with van der Waals surface area (Å²) < 4.78 is 5.22. The van der Waals surface area contributed by atoms with Crippen LogP contribution in [-0.2, 0) is 6.42 Å². The quantitative estimate of drug-likeness (QED) is 0.535. The van der Waals surface area contributed by atoms with E-state index in [1.165, 1.54) is 18.4 Å². The van der Waals surface area contributed by atoms with E-state index in [9.17, 15) is 4.79 Å². The van der Waals surface area contributed by atoms with Crippen LogP contribution in [0.3, 0.4) is 0 Å². The number of fused-ring (bicyclic) bond motifs is 1. The zero-order valence-corrected chi connectivity index (χ0v) is 17.4. The van der Waals surface area contributed by atoms with Crippen molar-refractivity contribution in [3.05, 3.63) is 52.5 Å². The molecule has 1 heterocycles. The van der Waals surface area contributed by atoms with Gasteiger partial charge in [-0.3, -0.25) is 4.79 Å². The molecule has 27 heavy (non-hydrogen) atoms. The minimum absolute atomic E-state index is 0. The zero-order chi connectivity index (χ0) is 17.8. The van der Waals surface area contributed by atoms with Gasteiger partial charge in [-0.1, -0.05) is 29.8 Å². The number of hydrogen-bond acceptors (Lipinski definition) is 4. The number of nitrogens with one attached hydrogen (secondary N) is 1. The molecule has 0 aliphatic carbocycles. The molecule has 5 nitrogen and oxygen atoms in total. The summed E-state index contributed by atoms with van der Waals surface area (Å²) in [6, 6.07) is 11.6. The second-order valence-corrected chi connectivity index (χ2v) is 6.46. The smallest absolute Gasteiger partial charge is 0.255 e. The van der Waals surface area contributed by atoms with Crippen LogP contribution in [0, 0.1) is 0 Å². The summed E-state index contributed by atoms with van der Waals surface area (Å²) >= 11 is 6.01. The van der Waals surface area contributed by atoms with Gasteiger partial charge in [-0.25, -0.2) is 0 Å². The maximum absolute atomic E-state index is 12.4. The highest BCUT2D eigenvalue weighted by Gasteiger charge is 2.18. The van der Waals surface area contributed by atoms with Gasteiger partial charge in [0.15, 0.2) is 0 Å². The second kappa shape index (κ2) is 10.5. The Kier molecular flexibility index (Phi) is 9.03. The number of halogens is 3. The number of methoxy groups -OCH3 is 1. The molecule has 3 rings (SSSR count). The number of anilines is 2. The summed E-state index contributed by atoms with van der Waals surface area (Å²) in [6.45, 7) is 2.54. The number of carbonyl (C=O) groups excluding carboxylic acids is 1. The van der Waals surface area contributed by atoms with E-state index in [4.69, 9.17) is 22.1 Å². The summed E-state index contributed by atoms with van der Waals surface area (Å²) in [7, 11) is 1.50. The Morgan fingerprint density at radius 2 is 2.04 bits per heavy atom. The topological polar surface area (TPSA) is 67.6 Å². The molecule has 2 aromatic rings. The van der Waals surface area contributed by atoms with E-state index in [1.807, 2.05) is 0 Å². The summed E-state index contributed by atoms with van der Waals surface area (Å²) in [5.41, 5.74) is 9.24. The number of nitrogen functional groups attached to an aromatic ring is 1. The number of benzene rings is 2. The van der Waals surface area contributed by atoms with Gasteiger partial charge in [0.1, 0.15) is 5.75 Å². The van der Waals surface area contributed by atoms with Crippen LogP contribution in [0.1, 0.15) is 22.3 Å². The summed E-state index contributed by atoms with van der Waals surface area (Å²) in [5.74, 6) is 0.216. The molecule has 1 aliphatic heterocycles. The van der Waals surface area contributed by atoms with E-state index in [0.29, 0.717) is 28.6 Å². The van der Waals surface area contributed by atoms with Crippen LogP contribution in [-0.4, -0.2) is 32.7 Å². The fourth-order valence-electron chi connectivity index (χ4n) is 3.12. The lowest BCUT2D eigenvalue weighted by atomic mass is 10.1. The third-order valence-corrected chi connectivity index (χ3v) is 4.76. The molecule has 3 N–H and O–H groups in total. The molecule has 0 radical (unpaired) electrons. The number of ether oxygens (including phenoxy) is 1. The van der Waals surface area contributed by atoms with Crippen molar-refractivity contribution in [3.63, 3.8) is 0 Å². The minimum Gasteiger partial charge on any atom is -0.496 e. The Bertz CT molecular complexity index is 787. The van der Waals surface area contributed by atoms with Gasteiger partial charge in [0.05, 0.1) is 23.4 Å². The standard InChI is InChI=1S/C19H22ClN3O2.2ClH/c1-25-18-12-16(21)15(20)11-14(18)19(24)22-8-4-9-23-10-7-13-5-2-3-6-17(13)23;;/h2-3,5-6,11-12H,4,7-10,21H2,1H3,(H,22,24);2*1H. The fraction of sp³-hybridized carbons (Fsp3) is 0.316. The minimum atomic E-state index is -0.208. The first-order valence-electron chi connectivity index (χ1n) is 8.34. The average Bonchev–Trinajstić information content (AvgIpc) is 3.03. The van der Waals surface area contributed by atoms with E-state index in [0.717, 1.165) is 25.9 Å². The SMILES string of the molecule is COc1cc(N)c(Cl)cc1C(=O)NCCCN1CCc2ccccc21.Cl.Cl. The highest BCUT2D eigenvalue weighted by atomic mass is 35.5. The third kappa shape index (κ3) is 5.34. The highest BCUT2D eigenvalue weighted by Crippen LogP contribution is 2.29. The number of rotatable bonds is 6. The molecule has 0 aromatic heterocycles. The van der Waals surface area contributed by atoms with E-state index in [2.05, 4.69) is 34.5 Å². The van der Waals surface area contributed by atoms with Crippen LogP contribution in [0.4, 0.5) is 11.4 Å². The molecule has 8 heteroatoms. The number of para-hydroxylation sites is 1. The molecular weight excluding hydrogens is 409 g/mol. The Morgan fingerprint density at radius 3 is 2.78 bits per heavy atom. The van der Waals surface area contributed by atoms with Crippen LogP contribution < -0.4 is 20.7 Å². The van der Waals surface area contributed by atoms with E-state index >= 15 is 0 Å². The molecule has 1 amide bonds. The molecule has 0 saturated carbocycles. The fourth-order valence-corrected chi connectivity index (χ4v) is 3.29. The van der Waals surface area contributed by atoms with E-state index < -0.39 is 0 Å². The van der Waals surface area contributed by atoms with Crippen molar-refractivity contribution in [1.29, 1.82) is 0 Å². The summed E-state index contributed by atoms with van der Waals surface area (Å²) in [5, 5.41) is 3.27. The van der Waals surface area contributed by atoms with Crippen LogP contribution in [0.25, 0.3) is 0 Å². The third-order valence-electron chi connectivity index (χ3n) is 4.44. The Balaban J connectivity index is 0.00000182. The molecule has 0 unspecified atom stereocenters. The molecule has 0 bridgehead atoms. The average molecular weight is 433 g/mol. The maximum atomic E-state index is 12.4. The first kappa shape index (κ1) is 23.2. The Labute approximate surface area is 177 Å². The lowest BCUT2D eigenvalue weighted by Crippen LogP contribution is -2.29. The normalized spacial score (nSPS) is 11.9. The number of amides is 1. The van der Waals surface area contributed by atoms with Crippen molar-refractivity contribution in [1.82, 2.24) is 5.32 Å². The van der Waals surface area contributed by atoms with Crippen LogP contribution in [0.5, 0.6) is 5.75 Å². The number of nitrogens with zero attached hydrogens (tertiary/aromatic N) is 1. The second-order valence-electron chi connectivity index (χ2n) is 6.05. The van der Waals surface area contributed by atoms with E-state index in [-0.39, 0.29) is 30.7 Å². The van der Waals surface area contributed by atoms with Gasteiger partial charge in [-0.15, -0.1) is 24.8 Å². The maximum Gasteiger partial charge on any atom is 0.255 e. The first-order chi connectivity index (χ1) is 12.1. The van der Waals surface area contributed by atoms with Crippen LogP contribution in [0.2, 0.25) is 5.02 Å². The lowest BCUT2D eigenvalue weighted by Gasteiger charge is -2.19. The van der Waals surface area contributed by atoms with Crippen LogP contribution >= 0.6 is 36.4 Å². The monoisotopic (exact) mass is 431 g/mol. The number of hydrogen-bond donors (Lipinski definition) is 2. The summed E-state index contributed by atoms with van der Waals surface area (Å²) in [4.78, 5) is 14.7. The predicted octanol–water partition coefficient (Wildman–Crippen LogP) is 3.96. The van der Waals surface area contributed by atoms with Crippen molar-refractivity contribution < 1.29 is 9.53 Å². The molecule has 2 aromatic carbocycles. The molecule has 0 saturated heterocycles. The van der Waals surface area contributed by atoms with Crippen molar-refractivity contribution in [2.45, 2.75) is 12.8 Å². The van der Waals surface area contributed by atoms with Gasteiger partial charge in [0.2, 0.25) is 0 Å². The molecule has 1 aliphatic rings. The van der Waals surface area contributed by atoms with E-state index in [1.54, 1.807) is 12.1 Å². The lowest BCUT2D eigenvalue weighted by molar-refractivity contribution is 0.0950. The molecule has 0 fully saturated rings. The van der Waals surface area contributed by atoms with Crippen LogP contribution in [0.15, 0.2) is 36.4 Å². The van der Waals surface area contributed by atoms with Crippen molar-refractivity contribution in [3.8, 4) is 5.75 Å². The molecular formula is C19H24Cl3N3O2. The summed E-state index contributed by atoms with van der Waals surface area (Å²) in [6.07, 6.45) is 1.95. The highest BCUT2D eigenvalue weighted by molar-refractivity contribution is 6.33. The van der Waals surface area contributed by atoms with Gasteiger partial charge >= 0.3 is 0 Å². The molecule has 0 spiro atoms. The first-order valence-corrected chi connectivity index (χ1v) is 8.72. The Morgan fingerprint density at radius 1 is 1.30 bits per heavy atom. The zero-order valence-electron chi connectivity index (χ0n) is 15.0. The van der Waals surface area contributed by atoms with Gasteiger partial charge in [-0.05, 0) is 30.5 Å². The predicted molar refractivity (Wildman–Crippen MR) is 116 cm³/mol.